The van der Waals surface area contributed by atoms with E-state index in [9.17, 15) is 5.11 Å². The fourth-order valence-electron chi connectivity index (χ4n) is 5.71. The first-order valence-electron chi connectivity index (χ1n) is 8.62. The van der Waals surface area contributed by atoms with Gasteiger partial charge in [0.2, 0.25) is 0 Å². The monoisotopic (exact) mass is 316 g/mol. The van der Waals surface area contributed by atoms with Crippen molar-refractivity contribution in [1.29, 1.82) is 0 Å². The zero-order valence-electron chi connectivity index (χ0n) is 13.7. The summed E-state index contributed by atoms with van der Waals surface area (Å²) in [6.45, 7) is 1.02. The van der Waals surface area contributed by atoms with Crippen LogP contribution < -0.4 is 4.74 Å². The number of ether oxygens (including phenoxy) is 2. The van der Waals surface area contributed by atoms with Gasteiger partial charge < -0.3 is 14.6 Å². The minimum Gasteiger partial charge on any atom is -0.496 e. The van der Waals surface area contributed by atoms with Gasteiger partial charge in [0.05, 0.1) is 19.8 Å². The van der Waals surface area contributed by atoms with Crippen LogP contribution in [0.3, 0.4) is 0 Å². The van der Waals surface area contributed by atoms with Crippen molar-refractivity contribution in [3.8, 4) is 5.75 Å². The molecule has 4 aliphatic rings. The van der Waals surface area contributed by atoms with E-state index in [1.54, 1.807) is 7.11 Å². The number of piperazine rings is 1. The van der Waals surface area contributed by atoms with E-state index in [1.807, 2.05) is 0 Å². The number of aliphatic hydroxyl groups excluding tert-OH is 1. The Labute approximate surface area is 136 Å². The molecule has 1 aromatic carbocycles. The lowest BCUT2D eigenvalue weighted by Crippen LogP contribution is -2.64. The van der Waals surface area contributed by atoms with Crippen molar-refractivity contribution in [2.45, 2.75) is 43.2 Å². The van der Waals surface area contributed by atoms with E-state index in [0.29, 0.717) is 30.1 Å². The number of likely N-dealkylation sites (N-methyl/N-ethyl adjacent to an activating group) is 1. The van der Waals surface area contributed by atoms with Crippen molar-refractivity contribution < 1.29 is 14.6 Å². The predicted molar refractivity (Wildman–Crippen MR) is 85.3 cm³/mol. The number of rotatable bonds is 2. The van der Waals surface area contributed by atoms with Gasteiger partial charge >= 0.3 is 0 Å². The maximum absolute atomic E-state index is 9.86. The Morgan fingerprint density at radius 1 is 1.35 bits per heavy atom. The van der Waals surface area contributed by atoms with Crippen LogP contribution in [0.5, 0.6) is 5.75 Å². The highest BCUT2D eigenvalue weighted by Crippen LogP contribution is 2.52. The number of fused-ring (bicyclic) bond motifs is 6. The summed E-state index contributed by atoms with van der Waals surface area (Å²) in [5.41, 5.74) is 2.70. The van der Waals surface area contributed by atoms with Crippen LogP contribution in [-0.4, -0.2) is 66.6 Å². The highest BCUT2D eigenvalue weighted by Gasteiger charge is 2.60. The molecule has 5 rings (SSSR count). The molecule has 1 N–H and O–H groups in total. The molecule has 23 heavy (non-hydrogen) atoms. The number of hydrogen-bond acceptors (Lipinski definition) is 5. The Bertz CT molecular complexity index is 637. The minimum absolute atomic E-state index is 0.154. The molecule has 0 saturated carbocycles. The van der Waals surface area contributed by atoms with Gasteiger partial charge in [0.1, 0.15) is 12.0 Å². The molecule has 5 nitrogen and oxygen atoms in total. The van der Waals surface area contributed by atoms with Crippen molar-refractivity contribution in [2.24, 2.45) is 5.92 Å². The summed E-state index contributed by atoms with van der Waals surface area (Å²) >= 11 is 0. The second kappa shape index (κ2) is 4.93. The van der Waals surface area contributed by atoms with Crippen molar-refractivity contribution in [1.82, 2.24) is 9.80 Å². The second-order valence-electron chi connectivity index (χ2n) is 7.39. The molecule has 3 saturated heterocycles. The van der Waals surface area contributed by atoms with Gasteiger partial charge in [-0.25, -0.2) is 0 Å². The van der Waals surface area contributed by atoms with Gasteiger partial charge in [0, 0.05) is 36.2 Å². The molecule has 124 valence electrons. The summed E-state index contributed by atoms with van der Waals surface area (Å²) in [6.07, 6.45) is 2.21. The fraction of sp³-hybridized carbons (Fsp3) is 0.667. The van der Waals surface area contributed by atoms with Gasteiger partial charge in [-0.1, -0.05) is 12.1 Å². The molecule has 2 bridgehead atoms. The third-order valence-corrected chi connectivity index (χ3v) is 6.58. The number of aliphatic hydroxyl groups is 1. The second-order valence-corrected chi connectivity index (χ2v) is 7.39. The molecule has 0 amide bonds. The molecule has 5 heteroatoms. The van der Waals surface area contributed by atoms with E-state index in [4.69, 9.17) is 9.47 Å². The lowest BCUT2D eigenvalue weighted by Gasteiger charge is -2.51. The molecule has 0 unspecified atom stereocenters. The Morgan fingerprint density at radius 3 is 3.00 bits per heavy atom. The van der Waals surface area contributed by atoms with Crippen LogP contribution in [-0.2, 0) is 11.2 Å². The molecule has 0 radical (unpaired) electrons. The Hall–Kier alpha value is -1.14. The summed E-state index contributed by atoms with van der Waals surface area (Å²) in [6, 6.07) is 7.92. The summed E-state index contributed by atoms with van der Waals surface area (Å²) in [7, 11) is 3.96. The van der Waals surface area contributed by atoms with Crippen LogP contribution in [0.15, 0.2) is 18.2 Å². The van der Waals surface area contributed by atoms with E-state index in [0.717, 1.165) is 25.2 Å². The van der Waals surface area contributed by atoms with E-state index < -0.39 is 0 Å². The molecular weight excluding hydrogens is 292 g/mol. The molecule has 0 aromatic heterocycles. The lowest BCUT2D eigenvalue weighted by molar-refractivity contribution is -0.101. The summed E-state index contributed by atoms with van der Waals surface area (Å²) < 4.78 is 11.9. The van der Waals surface area contributed by atoms with Crippen LogP contribution in [0.25, 0.3) is 0 Å². The summed E-state index contributed by atoms with van der Waals surface area (Å²) in [5.74, 6) is 1.34. The molecule has 0 spiro atoms. The van der Waals surface area contributed by atoms with E-state index in [-0.39, 0.29) is 12.8 Å². The van der Waals surface area contributed by atoms with Gasteiger partial charge in [-0.3, -0.25) is 9.80 Å². The predicted octanol–water partition coefficient (Wildman–Crippen LogP) is 1.01. The van der Waals surface area contributed by atoms with Crippen molar-refractivity contribution >= 4 is 0 Å². The third kappa shape index (κ3) is 1.71. The highest BCUT2D eigenvalue weighted by molar-refractivity contribution is 5.46. The van der Waals surface area contributed by atoms with E-state index in [1.165, 1.54) is 11.1 Å². The molecule has 4 heterocycles. The standard InChI is InChI=1S/C18H24N2O3/c1-19-13-7-11(8-21)17(19)12-6-10-4-3-5-15(22-2)16(10)14-9-23-18(13)20(12)14/h3-5,11-14,17-18,21H,6-9H2,1-2H3/t11-,12-,13-,14-,17+,18+/m0/s1. The van der Waals surface area contributed by atoms with Gasteiger partial charge in [0.15, 0.2) is 0 Å². The lowest BCUT2D eigenvalue weighted by atomic mass is 9.82. The van der Waals surface area contributed by atoms with Crippen LogP contribution in [0, 0.1) is 5.92 Å². The first-order chi connectivity index (χ1) is 11.2. The molecular formula is C18H24N2O3. The summed E-state index contributed by atoms with van der Waals surface area (Å²) in [4.78, 5) is 5.07. The molecule has 6 atom stereocenters. The smallest absolute Gasteiger partial charge is 0.127 e. The van der Waals surface area contributed by atoms with Crippen molar-refractivity contribution in [3.63, 3.8) is 0 Å². The zero-order valence-corrected chi connectivity index (χ0v) is 13.7. The molecule has 0 aliphatic carbocycles. The fourth-order valence-corrected chi connectivity index (χ4v) is 5.71. The number of nitrogens with zero attached hydrogens (tertiary/aromatic N) is 2. The Morgan fingerprint density at radius 2 is 2.22 bits per heavy atom. The quantitative estimate of drug-likeness (QED) is 0.882. The Balaban J connectivity index is 1.64. The highest BCUT2D eigenvalue weighted by atomic mass is 16.5. The number of hydrogen-bond donors (Lipinski definition) is 1. The van der Waals surface area contributed by atoms with Crippen LogP contribution in [0.1, 0.15) is 23.6 Å². The largest absolute Gasteiger partial charge is 0.496 e. The number of benzene rings is 1. The van der Waals surface area contributed by atoms with Crippen LogP contribution in [0.4, 0.5) is 0 Å². The maximum atomic E-state index is 9.86. The van der Waals surface area contributed by atoms with Gasteiger partial charge in [-0.15, -0.1) is 0 Å². The average Bonchev–Trinajstić information content (AvgIpc) is 3.10. The molecule has 4 aliphatic heterocycles. The number of methoxy groups -OCH3 is 1. The van der Waals surface area contributed by atoms with E-state index >= 15 is 0 Å². The van der Waals surface area contributed by atoms with Crippen LogP contribution in [0.2, 0.25) is 0 Å². The zero-order chi connectivity index (χ0) is 15.7. The molecule has 3 fully saturated rings. The van der Waals surface area contributed by atoms with Crippen molar-refractivity contribution in [2.75, 3.05) is 27.4 Å². The normalized spacial score (nSPS) is 41.7. The third-order valence-electron chi connectivity index (χ3n) is 6.58. The first kappa shape index (κ1) is 14.2. The SMILES string of the molecule is COc1cccc2c1[C@@H]1CO[C@@H]3[C@@H]4C[C@@H](CO)[C@H]([C@H](C2)N31)N4C. The molecule has 1 aromatic rings. The minimum atomic E-state index is 0.154. The van der Waals surface area contributed by atoms with Crippen molar-refractivity contribution in [3.05, 3.63) is 29.3 Å². The van der Waals surface area contributed by atoms with Crippen LogP contribution >= 0.6 is 0 Å². The van der Waals surface area contributed by atoms with E-state index in [2.05, 4.69) is 35.0 Å². The maximum Gasteiger partial charge on any atom is 0.127 e. The summed E-state index contributed by atoms with van der Waals surface area (Å²) in [5, 5.41) is 9.86. The van der Waals surface area contributed by atoms with Gasteiger partial charge in [0.25, 0.3) is 0 Å². The van der Waals surface area contributed by atoms with Gasteiger partial charge in [-0.05, 0) is 31.5 Å². The topological polar surface area (TPSA) is 45.2 Å². The van der Waals surface area contributed by atoms with Gasteiger partial charge in [-0.2, -0.15) is 0 Å². The average molecular weight is 316 g/mol. The first-order valence-corrected chi connectivity index (χ1v) is 8.62. The Kier molecular flexibility index (Phi) is 3.05.